The van der Waals surface area contributed by atoms with Gasteiger partial charge < -0.3 is 0 Å². The molecular formula is C13H15ClN4O2S. The first kappa shape index (κ1) is 14.5. The normalized spacial score (nSPS) is 20.0. The Balaban J connectivity index is 1.70. The molecule has 3 rings (SSSR count). The van der Waals surface area contributed by atoms with Crippen LogP contribution >= 0.6 is 11.6 Å². The average molecular weight is 327 g/mol. The van der Waals surface area contributed by atoms with Gasteiger partial charge in [0.2, 0.25) is 10.0 Å². The molecule has 1 saturated heterocycles. The average Bonchev–Trinajstić information content (AvgIpc) is 3.11. The predicted molar refractivity (Wildman–Crippen MR) is 79.3 cm³/mol. The highest BCUT2D eigenvalue weighted by atomic mass is 35.5. The molecule has 0 saturated carbocycles. The van der Waals surface area contributed by atoms with Crippen LogP contribution in [0, 0.1) is 0 Å². The molecule has 112 valence electrons. The number of halogens is 1. The topological polar surface area (TPSA) is 68.1 Å². The minimum absolute atomic E-state index is 0.00571. The Morgan fingerprint density at radius 1 is 1.29 bits per heavy atom. The molecule has 1 unspecified atom stereocenters. The highest BCUT2D eigenvalue weighted by Crippen LogP contribution is 2.25. The van der Waals surface area contributed by atoms with Crippen LogP contribution in [0.1, 0.15) is 18.0 Å². The second-order valence-corrected chi connectivity index (χ2v) is 7.47. The number of hydrogen-bond donors (Lipinski definition) is 0. The van der Waals surface area contributed by atoms with Gasteiger partial charge in [-0.05, 0) is 24.1 Å². The Bertz CT molecular complexity index is 700. The van der Waals surface area contributed by atoms with Crippen LogP contribution in [0.3, 0.4) is 0 Å². The van der Waals surface area contributed by atoms with Gasteiger partial charge >= 0.3 is 0 Å². The molecule has 0 aliphatic carbocycles. The molecule has 0 N–H and O–H groups in total. The van der Waals surface area contributed by atoms with E-state index in [9.17, 15) is 8.42 Å². The number of hydrogen-bond acceptors (Lipinski definition) is 4. The van der Waals surface area contributed by atoms with Gasteiger partial charge in [-0.25, -0.2) is 13.1 Å². The summed E-state index contributed by atoms with van der Waals surface area (Å²) in [6.45, 7) is 0.958. The fourth-order valence-electron chi connectivity index (χ4n) is 2.47. The monoisotopic (exact) mass is 326 g/mol. The maximum absolute atomic E-state index is 12.4. The van der Waals surface area contributed by atoms with E-state index in [1.807, 2.05) is 0 Å². The van der Waals surface area contributed by atoms with E-state index in [-0.39, 0.29) is 11.8 Å². The van der Waals surface area contributed by atoms with Crippen molar-refractivity contribution >= 4 is 21.6 Å². The SMILES string of the molecule is O=S(=O)(Cc1ccc(Cl)cc1)N1CCC(n2ccnn2)C1. The maximum Gasteiger partial charge on any atom is 0.218 e. The Morgan fingerprint density at radius 2 is 2.05 bits per heavy atom. The Kier molecular flexibility index (Phi) is 3.97. The highest BCUT2D eigenvalue weighted by molar-refractivity contribution is 7.88. The molecule has 0 spiro atoms. The van der Waals surface area contributed by atoms with Gasteiger partial charge in [0.05, 0.1) is 18.0 Å². The van der Waals surface area contributed by atoms with Crippen molar-refractivity contribution in [2.24, 2.45) is 0 Å². The van der Waals surface area contributed by atoms with Crippen molar-refractivity contribution in [3.63, 3.8) is 0 Å². The lowest BCUT2D eigenvalue weighted by atomic mass is 10.2. The number of nitrogens with zero attached hydrogens (tertiary/aromatic N) is 4. The molecule has 1 aromatic carbocycles. The summed E-state index contributed by atoms with van der Waals surface area (Å²) in [5, 5.41) is 8.30. The van der Waals surface area contributed by atoms with E-state index >= 15 is 0 Å². The molecule has 0 bridgehead atoms. The Hall–Kier alpha value is -1.44. The van der Waals surface area contributed by atoms with Crippen molar-refractivity contribution in [2.75, 3.05) is 13.1 Å². The first-order chi connectivity index (χ1) is 10.0. The number of benzene rings is 1. The van der Waals surface area contributed by atoms with Crippen LogP contribution < -0.4 is 0 Å². The first-order valence-corrected chi connectivity index (χ1v) is 8.61. The van der Waals surface area contributed by atoms with Crippen molar-refractivity contribution < 1.29 is 8.42 Å². The van der Waals surface area contributed by atoms with Crippen LogP contribution in [0.4, 0.5) is 0 Å². The van der Waals surface area contributed by atoms with Crippen LogP contribution in [0.25, 0.3) is 0 Å². The molecule has 1 atom stereocenters. The zero-order valence-corrected chi connectivity index (χ0v) is 12.8. The van der Waals surface area contributed by atoms with Crippen LogP contribution in [0.5, 0.6) is 0 Å². The summed E-state index contributed by atoms with van der Waals surface area (Å²) in [4.78, 5) is 0. The van der Waals surface area contributed by atoms with Gasteiger partial charge in [-0.3, -0.25) is 0 Å². The maximum atomic E-state index is 12.4. The van der Waals surface area contributed by atoms with E-state index < -0.39 is 10.0 Å². The number of rotatable bonds is 4. The highest BCUT2D eigenvalue weighted by Gasteiger charge is 2.32. The lowest BCUT2D eigenvalue weighted by Gasteiger charge is -2.16. The quantitative estimate of drug-likeness (QED) is 0.857. The standard InChI is InChI=1S/C13H15ClN4O2S/c14-12-3-1-11(2-4-12)10-21(19,20)17-7-5-13(9-17)18-8-6-15-16-18/h1-4,6,8,13H,5,7,9-10H2. The second-order valence-electron chi connectivity index (χ2n) is 5.07. The van der Waals surface area contributed by atoms with Gasteiger partial charge in [0.25, 0.3) is 0 Å². The first-order valence-electron chi connectivity index (χ1n) is 6.63. The smallest absolute Gasteiger partial charge is 0.218 e. The van der Waals surface area contributed by atoms with Crippen LogP contribution in [-0.2, 0) is 15.8 Å². The van der Waals surface area contributed by atoms with Crippen LogP contribution in [0.2, 0.25) is 5.02 Å². The van der Waals surface area contributed by atoms with Gasteiger partial charge in [0, 0.05) is 24.3 Å². The van der Waals surface area contributed by atoms with E-state index in [0.29, 0.717) is 18.1 Å². The molecule has 2 heterocycles. The van der Waals surface area contributed by atoms with Crippen molar-refractivity contribution in [1.29, 1.82) is 0 Å². The molecule has 21 heavy (non-hydrogen) atoms. The minimum atomic E-state index is -3.32. The zero-order chi connectivity index (χ0) is 14.9. The van der Waals surface area contributed by atoms with Gasteiger partial charge in [0.1, 0.15) is 0 Å². The summed E-state index contributed by atoms with van der Waals surface area (Å²) >= 11 is 5.81. The molecule has 6 nitrogen and oxygen atoms in total. The molecule has 0 radical (unpaired) electrons. The predicted octanol–water partition coefficient (Wildman–Crippen LogP) is 1.71. The van der Waals surface area contributed by atoms with Crippen molar-refractivity contribution in [1.82, 2.24) is 19.3 Å². The van der Waals surface area contributed by atoms with E-state index in [1.165, 1.54) is 4.31 Å². The van der Waals surface area contributed by atoms with Crippen molar-refractivity contribution in [2.45, 2.75) is 18.2 Å². The lowest BCUT2D eigenvalue weighted by Crippen LogP contribution is -2.30. The summed E-state index contributed by atoms with van der Waals surface area (Å²) in [6, 6.07) is 6.95. The molecule has 8 heteroatoms. The van der Waals surface area contributed by atoms with E-state index in [1.54, 1.807) is 41.3 Å². The van der Waals surface area contributed by atoms with Crippen LogP contribution in [-0.4, -0.2) is 40.8 Å². The summed E-state index contributed by atoms with van der Waals surface area (Å²) < 4.78 is 28.1. The molecule has 0 amide bonds. The molecular weight excluding hydrogens is 312 g/mol. The second kappa shape index (κ2) is 5.75. The Morgan fingerprint density at radius 3 is 2.71 bits per heavy atom. The summed E-state index contributed by atoms with van der Waals surface area (Å²) in [6.07, 6.45) is 4.12. The van der Waals surface area contributed by atoms with Gasteiger partial charge in [-0.15, -0.1) is 5.10 Å². The van der Waals surface area contributed by atoms with E-state index in [4.69, 9.17) is 11.6 Å². The Labute approximate surface area is 128 Å². The van der Waals surface area contributed by atoms with E-state index in [0.717, 1.165) is 12.0 Å². The van der Waals surface area contributed by atoms with Crippen molar-refractivity contribution in [3.8, 4) is 0 Å². The van der Waals surface area contributed by atoms with Gasteiger partial charge in [0.15, 0.2) is 0 Å². The molecule has 1 aliphatic rings. The molecule has 1 aromatic heterocycles. The van der Waals surface area contributed by atoms with E-state index in [2.05, 4.69) is 10.3 Å². The molecule has 2 aromatic rings. The van der Waals surface area contributed by atoms with Gasteiger partial charge in [-0.2, -0.15) is 4.31 Å². The van der Waals surface area contributed by atoms with Gasteiger partial charge in [-0.1, -0.05) is 28.9 Å². The third-order valence-corrected chi connectivity index (χ3v) is 5.67. The molecule has 1 fully saturated rings. The fraction of sp³-hybridized carbons (Fsp3) is 0.385. The summed E-state index contributed by atoms with van der Waals surface area (Å²) in [5.74, 6) is -0.00571. The molecule has 1 aliphatic heterocycles. The van der Waals surface area contributed by atoms with Crippen LogP contribution in [0.15, 0.2) is 36.7 Å². The number of aromatic nitrogens is 3. The van der Waals surface area contributed by atoms with Crippen molar-refractivity contribution in [3.05, 3.63) is 47.2 Å². The fourth-order valence-corrected chi connectivity index (χ4v) is 4.18. The summed E-state index contributed by atoms with van der Waals surface area (Å²) in [5.41, 5.74) is 0.739. The lowest BCUT2D eigenvalue weighted by molar-refractivity contribution is 0.428. The largest absolute Gasteiger partial charge is 0.248 e. The third-order valence-electron chi connectivity index (χ3n) is 3.60. The number of sulfonamides is 1. The zero-order valence-electron chi connectivity index (χ0n) is 11.3. The third kappa shape index (κ3) is 3.25. The minimum Gasteiger partial charge on any atom is -0.248 e. The summed E-state index contributed by atoms with van der Waals surface area (Å²) in [7, 11) is -3.32.